The van der Waals surface area contributed by atoms with Crippen molar-refractivity contribution in [1.29, 1.82) is 0 Å². The number of carbonyl (C=O) groups is 2. The number of pyridine rings is 1. The number of hydrogen-bond donors (Lipinski definition) is 3. The van der Waals surface area contributed by atoms with Crippen LogP contribution in [0.15, 0.2) is 42.6 Å². The minimum atomic E-state index is -0.223. The lowest BCUT2D eigenvalue weighted by Gasteiger charge is -2.09. The molecule has 6 nitrogen and oxygen atoms in total. The summed E-state index contributed by atoms with van der Waals surface area (Å²) < 4.78 is 0. The molecule has 0 aliphatic rings. The molecule has 0 radical (unpaired) electrons. The van der Waals surface area contributed by atoms with Crippen LogP contribution in [-0.2, 0) is 4.79 Å². The van der Waals surface area contributed by atoms with E-state index in [1.165, 1.54) is 6.92 Å². The molecule has 0 atom stereocenters. The fraction of sp³-hybridized carbons (Fsp3) is 0.316. The lowest BCUT2D eigenvalue weighted by Crippen LogP contribution is -2.13. The van der Waals surface area contributed by atoms with Gasteiger partial charge in [0.1, 0.15) is 5.82 Å². The van der Waals surface area contributed by atoms with Crippen molar-refractivity contribution in [3.63, 3.8) is 0 Å². The molecule has 2 amide bonds. The van der Waals surface area contributed by atoms with E-state index in [2.05, 4.69) is 27.9 Å². The molecule has 0 bridgehead atoms. The van der Waals surface area contributed by atoms with E-state index in [1.54, 1.807) is 42.6 Å². The van der Waals surface area contributed by atoms with Crippen molar-refractivity contribution in [2.75, 3.05) is 22.5 Å². The van der Waals surface area contributed by atoms with Crippen LogP contribution in [-0.4, -0.2) is 23.3 Å². The number of nitrogens with one attached hydrogen (secondary N) is 3. The number of aromatic nitrogens is 1. The Morgan fingerprint density at radius 2 is 1.80 bits per heavy atom. The van der Waals surface area contributed by atoms with Gasteiger partial charge in [0.15, 0.2) is 0 Å². The number of hydrogen-bond acceptors (Lipinski definition) is 4. The molecule has 1 aromatic carbocycles. The summed E-state index contributed by atoms with van der Waals surface area (Å²) in [5, 5.41) is 8.75. The third-order valence-corrected chi connectivity index (χ3v) is 3.55. The van der Waals surface area contributed by atoms with Gasteiger partial charge >= 0.3 is 0 Å². The van der Waals surface area contributed by atoms with E-state index < -0.39 is 0 Å². The van der Waals surface area contributed by atoms with Crippen molar-refractivity contribution in [2.24, 2.45) is 0 Å². The number of amides is 2. The summed E-state index contributed by atoms with van der Waals surface area (Å²) in [5.74, 6) is 0.311. The van der Waals surface area contributed by atoms with Gasteiger partial charge in [0.25, 0.3) is 5.91 Å². The number of unbranched alkanes of at least 4 members (excludes halogenated alkanes) is 2. The van der Waals surface area contributed by atoms with Crippen LogP contribution < -0.4 is 16.0 Å². The van der Waals surface area contributed by atoms with Crippen LogP contribution in [0.5, 0.6) is 0 Å². The number of benzene rings is 1. The van der Waals surface area contributed by atoms with E-state index in [9.17, 15) is 9.59 Å². The van der Waals surface area contributed by atoms with E-state index in [0.29, 0.717) is 22.8 Å². The number of anilines is 3. The van der Waals surface area contributed by atoms with E-state index >= 15 is 0 Å². The van der Waals surface area contributed by atoms with E-state index in [4.69, 9.17) is 0 Å². The molecule has 0 saturated heterocycles. The molecule has 132 valence electrons. The SMILES string of the molecule is CCCCCNc1cc(C(=O)Nc2cccc(NC(C)=O)c2)ccn1. The van der Waals surface area contributed by atoms with Gasteiger partial charge in [-0.25, -0.2) is 4.98 Å². The third kappa shape index (κ3) is 6.25. The molecule has 1 heterocycles. The predicted molar refractivity (Wildman–Crippen MR) is 101 cm³/mol. The van der Waals surface area contributed by atoms with Crippen molar-refractivity contribution in [2.45, 2.75) is 33.1 Å². The van der Waals surface area contributed by atoms with Gasteiger partial charge in [0.05, 0.1) is 0 Å². The van der Waals surface area contributed by atoms with Gasteiger partial charge in [-0.05, 0) is 36.8 Å². The average molecular weight is 340 g/mol. The fourth-order valence-corrected chi connectivity index (χ4v) is 2.34. The molecule has 3 N–H and O–H groups in total. The van der Waals surface area contributed by atoms with Crippen LogP contribution in [0.4, 0.5) is 17.2 Å². The van der Waals surface area contributed by atoms with Crippen LogP contribution >= 0.6 is 0 Å². The quantitative estimate of drug-likeness (QED) is 0.637. The average Bonchev–Trinajstić information content (AvgIpc) is 2.59. The van der Waals surface area contributed by atoms with Crippen molar-refractivity contribution < 1.29 is 9.59 Å². The van der Waals surface area contributed by atoms with Gasteiger partial charge in [-0.3, -0.25) is 9.59 Å². The van der Waals surface area contributed by atoms with Gasteiger partial charge < -0.3 is 16.0 Å². The van der Waals surface area contributed by atoms with Gasteiger partial charge in [0, 0.05) is 36.6 Å². The molecule has 0 aliphatic heterocycles. The standard InChI is InChI=1S/C19H24N4O2/c1-3-4-5-10-20-18-12-15(9-11-21-18)19(25)23-17-8-6-7-16(13-17)22-14(2)24/h6-9,11-13H,3-5,10H2,1-2H3,(H,20,21)(H,22,24)(H,23,25). The van der Waals surface area contributed by atoms with Gasteiger partial charge in [-0.1, -0.05) is 25.8 Å². The molecule has 0 spiro atoms. The minimum absolute atomic E-state index is 0.156. The lowest BCUT2D eigenvalue weighted by molar-refractivity contribution is -0.114. The molecule has 0 saturated carbocycles. The molecule has 0 aliphatic carbocycles. The summed E-state index contributed by atoms with van der Waals surface area (Å²) in [6, 6.07) is 10.4. The Hall–Kier alpha value is -2.89. The molecule has 2 rings (SSSR count). The van der Waals surface area contributed by atoms with Crippen molar-refractivity contribution in [3.05, 3.63) is 48.2 Å². The molecule has 0 unspecified atom stereocenters. The second-order valence-corrected chi connectivity index (χ2v) is 5.78. The molecular formula is C19H24N4O2. The zero-order valence-corrected chi connectivity index (χ0v) is 14.6. The first-order valence-corrected chi connectivity index (χ1v) is 8.47. The summed E-state index contributed by atoms with van der Waals surface area (Å²) in [7, 11) is 0. The second-order valence-electron chi connectivity index (χ2n) is 5.78. The lowest BCUT2D eigenvalue weighted by atomic mass is 10.2. The zero-order valence-electron chi connectivity index (χ0n) is 14.6. The Bertz CT molecular complexity index is 731. The summed E-state index contributed by atoms with van der Waals surface area (Å²) in [4.78, 5) is 27.8. The van der Waals surface area contributed by atoms with Crippen LogP contribution in [0.2, 0.25) is 0 Å². The number of carbonyl (C=O) groups excluding carboxylic acids is 2. The summed E-state index contributed by atoms with van der Waals surface area (Å²) in [6.07, 6.45) is 5.02. The first-order valence-electron chi connectivity index (χ1n) is 8.47. The highest BCUT2D eigenvalue weighted by Gasteiger charge is 2.08. The molecule has 6 heteroatoms. The first-order chi connectivity index (χ1) is 12.1. The van der Waals surface area contributed by atoms with Gasteiger partial charge in [-0.2, -0.15) is 0 Å². The minimum Gasteiger partial charge on any atom is -0.370 e. The van der Waals surface area contributed by atoms with E-state index in [0.717, 1.165) is 25.8 Å². The maximum atomic E-state index is 12.4. The molecule has 2 aromatic rings. The molecule has 25 heavy (non-hydrogen) atoms. The van der Waals surface area contributed by atoms with Crippen LogP contribution in [0.3, 0.4) is 0 Å². The third-order valence-electron chi connectivity index (χ3n) is 3.55. The highest BCUT2D eigenvalue weighted by Crippen LogP contribution is 2.16. The maximum Gasteiger partial charge on any atom is 0.255 e. The zero-order chi connectivity index (χ0) is 18.1. The smallest absolute Gasteiger partial charge is 0.255 e. The van der Waals surface area contributed by atoms with Crippen LogP contribution in [0.25, 0.3) is 0 Å². The van der Waals surface area contributed by atoms with Gasteiger partial charge in [0.2, 0.25) is 5.91 Å². The Morgan fingerprint density at radius 1 is 1.04 bits per heavy atom. The number of rotatable bonds is 8. The largest absolute Gasteiger partial charge is 0.370 e. The van der Waals surface area contributed by atoms with Crippen molar-refractivity contribution in [3.8, 4) is 0 Å². The summed E-state index contributed by atoms with van der Waals surface area (Å²) in [5.41, 5.74) is 1.78. The van der Waals surface area contributed by atoms with Crippen molar-refractivity contribution in [1.82, 2.24) is 4.98 Å². The highest BCUT2D eigenvalue weighted by atomic mass is 16.2. The normalized spacial score (nSPS) is 10.2. The molecule has 1 aromatic heterocycles. The van der Waals surface area contributed by atoms with E-state index in [1.807, 2.05) is 0 Å². The number of nitrogens with zero attached hydrogens (tertiary/aromatic N) is 1. The second kappa shape index (κ2) is 9.42. The van der Waals surface area contributed by atoms with Crippen molar-refractivity contribution >= 4 is 29.0 Å². The van der Waals surface area contributed by atoms with Crippen LogP contribution in [0, 0.1) is 0 Å². The Balaban J connectivity index is 1.99. The topological polar surface area (TPSA) is 83.1 Å². The highest BCUT2D eigenvalue weighted by molar-refractivity contribution is 6.05. The Morgan fingerprint density at radius 3 is 2.52 bits per heavy atom. The van der Waals surface area contributed by atoms with Crippen LogP contribution in [0.1, 0.15) is 43.5 Å². The monoisotopic (exact) mass is 340 g/mol. The van der Waals surface area contributed by atoms with E-state index in [-0.39, 0.29) is 11.8 Å². The molecule has 0 fully saturated rings. The molecular weight excluding hydrogens is 316 g/mol. The Kier molecular flexibility index (Phi) is 6.95. The first kappa shape index (κ1) is 18.4. The Labute approximate surface area is 148 Å². The fourth-order valence-electron chi connectivity index (χ4n) is 2.34. The predicted octanol–water partition coefficient (Wildman–Crippen LogP) is 3.89. The van der Waals surface area contributed by atoms with Gasteiger partial charge in [-0.15, -0.1) is 0 Å². The summed E-state index contributed by atoms with van der Waals surface area (Å²) in [6.45, 7) is 4.44. The summed E-state index contributed by atoms with van der Waals surface area (Å²) >= 11 is 0. The maximum absolute atomic E-state index is 12.4.